The van der Waals surface area contributed by atoms with Gasteiger partial charge in [-0.3, -0.25) is 13.9 Å². The summed E-state index contributed by atoms with van der Waals surface area (Å²) in [5.74, 6) is -1.71. The number of alkyl carbamates (subject to hydrolysis) is 1. The molecule has 3 N–H and O–H groups in total. The number of carbonyl (C=O) groups is 2. The molecule has 2 atom stereocenters. The van der Waals surface area contributed by atoms with Crippen LogP contribution in [0, 0.1) is 11.6 Å². The van der Waals surface area contributed by atoms with Gasteiger partial charge in [-0.25, -0.2) is 23.4 Å². The number of methoxy groups -OCH3 is 1. The average Bonchev–Trinajstić information content (AvgIpc) is 3.67. The summed E-state index contributed by atoms with van der Waals surface area (Å²) in [6.07, 6.45) is 2.87. The zero-order valence-electron chi connectivity index (χ0n) is 24.7. The Balaban J connectivity index is 1.59. The number of amides is 2. The number of hydrogen-bond donors (Lipinski definition) is 3. The fraction of sp³-hybridized carbons (Fsp3) is 0.312. The number of ether oxygens (including phenoxy) is 1. The molecule has 1 saturated carbocycles. The second-order valence-electron chi connectivity index (χ2n) is 11.4. The highest BCUT2D eigenvalue weighted by molar-refractivity contribution is 6.14. The van der Waals surface area contributed by atoms with Crippen molar-refractivity contribution in [3.63, 3.8) is 0 Å². The van der Waals surface area contributed by atoms with Crippen LogP contribution in [0.2, 0.25) is 0 Å². The zero-order chi connectivity index (χ0) is 31.3. The van der Waals surface area contributed by atoms with Crippen LogP contribution in [-0.4, -0.2) is 50.3 Å². The van der Waals surface area contributed by atoms with Gasteiger partial charge in [0.25, 0.3) is 5.91 Å². The largest absolute Gasteiger partial charge is 0.453 e. The molecule has 0 unspecified atom stereocenters. The molecule has 1 aliphatic rings. The molecule has 0 saturated heterocycles. The van der Waals surface area contributed by atoms with Gasteiger partial charge in [0.15, 0.2) is 0 Å². The van der Waals surface area contributed by atoms with Crippen LogP contribution in [0.4, 0.5) is 13.6 Å². The highest BCUT2D eigenvalue weighted by Crippen LogP contribution is 2.43. The van der Waals surface area contributed by atoms with Crippen molar-refractivity contribution in [2.45, 2.75) is 51.2 Å². The lowest BCUT2D eigenvalue weighted by atomic mass is 9.97. The molecule has 0 radical (unpaired) electrons. The number of rotatable bonds is 6. The van der Waals surface area contributed by atoms with E-state index in [9.17, 15) is 18.8 Å². The third-order valence-corrected chi connectivity index (χ3v) is 8.18. The number of aromatic amines is 1. The molecule has 12 heteroatoms. The van der Waals surface area contributed by atoms with Gasteiger partial charge in [0, 0.05) is 36.3 Å². The highest BCUT2D eigenvalue weighted by atomic mass is 19.1. The van der Waals surface area contributed by atoms with Crippen LogP contribution < -0.4 is 16.3 Å². The van der Waals surface area contributed by atoms with Crippen molar-refractivity contribution in [2.75, 3.05) is 7.11 Å². The van der Waals surface area contributed by atoms with E-state index in [1.54, 1.807) is 49.9 Å². The van der Waals surface area contributed by atoms with Crippen LogP contribution >= 0.6 is 0 Å². The Kier molecular flexibility index (Phi) is 7.44. The lowest BCUT2D eigenvalue weighted by Crippen LogP contribution is -2.33. The predicted molar refractivity (Wildman–Crippen MR) is 162 cm³/mol. The second kappa shape index (κ2) is 11.3. The first-order valence-electron chi connectivity index (χ1n) is 14.4. The summed E-state index contributed by atoms with van der Waals surface area (Å²) < 4.78 is 38.0. The van der Waals surface area contributed by atoms with Crippen LogP contribution in [-0.2, 0) is 11.8 Å². The number of H-pyrrole nitrogens is 1. The first-order chi connectivity index (χ1) is 21.1. The maximum Gasteiger partial charge on any atom is 0.407 e. The number of benzene rings is 2. The Hall–Kier alpha value is -5.00. The van der Waals surface area contributed by atoms with Gasteiger partial charge in [0.1, 0.15) is 17.3 Å². The number of aryl methyl sites for hydroxylation is 1. The van der Waals surface area contributed by atoms with Crippen LogP contribution in [0.25, 0.3) is 44.5 Å². The predicted octanol–water partition coefficient (Wildman–Crippen LogP) is 5.42. The fourth-order valence-electron chi connectivity index (χ4n) is 6.21. The van der Waals surface area contributed by atoms with E-state index in [1.807, 2.05) is 0 Å². The topological polar surface area (TPSA) is 123 Å². The first kappa shape index (κ1) is 29.1. The Morgan fingerprint density at radius 1 is 1.11 bits per heavy atom. The molecule has 5 aromatic rings. The van der Waals surface area contributed by atoms with E-state index < -0.39 is 23.6 Å². The van der Waals surface area contributed by atoms with Crippen molar-refractivity contribution < 1.29 is 23.1 Å². The highest BCUT2D eigenvalue weighted by Gasteiger charge is 2.32. The fourth-order valence-corrected chi connectivity index (χ4v) is 6.21. The summed E-state index contributed by atoms with van der Waals surface area (Å²) in [6, 6.07) is 9.75. The Morgan fingerprint density at radius 3 is 2.61 bits per heavy atom. The van der Waals surface area contributed by atoms with Gasteiger partial charge >= 0.3 is 11.8 Å². The number of halogens is 2. The molecule has 228 valence electrons. The van der Waals surface area contributed by atoms with Gasteiger partial charge in [-0.2, -0.15) is 0 Å². The second-order valence-corrected chi connectivity index (χ2v) is 11.4. The molecule has 3 heterocycles. The molecule has 10 nitrogen and oxygen atoms in total. The van der Waals surface area contributed by atoms with Crippen molar-refractivity contribution >= 4 is 34.1 Å². The summed E-state index contributed by atoms with van der Waals surface area (Å²) in [6.45, 7) is 3.58. The maximum atomic E-state index is 15.4. The number of nitrogens with zero attached hydrogens (tertiary/aromatic N) is 3. The van der Waals surface area contributed by atoms with Crippen molar-refractivity contribution in [1.82, 2.24) is 29.7 Å². The Morgan fingerprint density at radius 2 is 1.91 bits per heavy atom. The van der Waals surface area contributed by atoms with Gasteiger partial charge in [-0.1, -0.05) is 18.2 Å². The molecule has 44 heavy (non-hydrogen) atoms. The smallest absolute Gasteiger partial charge is 0.407 e. The van der Waals surface area contributed by atoms with Crippen LogP contribution in [0.1, 0.15) is 49.5 Å². The molecule has 2 amide bonds. The number of pyridine rings is 1. The van der Waals surface area contributed by atoms with E-state index in [2.05, 4.69) is 20.6 Å². The van der Waals surface area contributed by atoms with Crippen molar-refractivity contribution in [3.05, 3.63) is 76.3 Å². The number of imidazole rings is 1. The minimum atomic E-state index is -0.714. The molecule has 3 aromatic heterocycles. The Labute approximate surface area is 251 Å². The lowest BCUT2D eigenvalue weighted by Gasteiger charge is -2.15. The molecule has 2 aromatic carbocycles. The van der Waals surface area contributed by atoms with Gasteiger partial charge in [-0.05, 0) is 62.9 Å². The van der Waals surface area contributed by atoms with Gasteiger partial charge < -0.3 is 20.4 Å². The van der Waals surface area contributed by atoms with E-state index in [0.717, 1.165) is 0 Å². The molecule has 0 bridgehead atoms. The monoisotopic (exact) mass is 602 g/mol. The van der Waals surface area contributed by atoms with E-state index in [1.165, 1.54) is 35.9 Å². The van der Waals surface area contributed by atoms with Crippen molar-refractivity contribution in [1.29, 1.82) is 0 Å². The quantitative estimate of drug-likeness (QED) is 0.240. The number of carbonyl (C=O) groups excluding carboxylic acids is 2. The van der Waals surface area contributed by atoms with Crippen molar-refractivity contribution in [3.8, 4) is 22.4 Å². The van der Waals surface area contributed by atoms with Crippen molar-refractivity contribution in [2.24, 2.45) is 7.05 Å². The minimum absolute atomic E-state index is 0.0976. The first-order valence-corrected chi connectivity index (χ1v) is 14.4. The van der Waals surface area contributed by atoms with Crippen LogP contribution in [0.15, 0.2) is 53.5 Å². The third kappa shape index (κ3) is 4.99. The molecule has 1 fully saturated rings. The van der Waals surface area contributed by atoms with Crippen LogP contribution in [0.5, 0.6) is 0 Å². The lowest BCUT2D eigenvalue weighted by molar-refractivity contribution is 0.0939. The maximum absolute atomic E-state index is 15.4. The van der Waals surface area contributed by atoms with E-state index in [-0.39, 0.29) is 29.4 Å². The summed E-state index contributed by atoms with van der Waals surface area (Å²) in [5, 5.41) is 6.10. The third-order valence-electron chi connectivity index (χ3n) is 8.18. The summed E-state index contributed by atoms with van der Waals surface area (Å²) in [4.78, 5) is 46.1. The average molecular weight is 603 g/mol. The molecule has 6 rings (SSSR count). The molecule has 0 aliphatic heterocycles. The van der Waals surface area contributed by atoms with Gasteiger partial charge in [0.05, 0.1) is 41.0 Å². The summed E-state index contributed by atoms with van der Waals surface area (Å²) in [5.41, 5.74) is 3.16. The van der Waals surface area contributed by atoms with Gasteiger partial charge in [0.2, 0.25) is 0 Å². The van der Waals surface area contributed by atoms with E-state index >= 15 is 4.39 Å². The normalized spacial score (nSPS) is 16.6. The number of fused-ring (bicyclic) bond motifs is 3. The molecule has 1 aliphatic carbocycles. The molecular weight excluding hydrogens is 570 g/mol. The minimum Gasteiger partial charge on any atom is -0.453 e. The zero-order valence-corrected chi connectivity index (χ0v) is 24.7. The molecule has 0 spiro atoms. The number of aromatic nitrogens is 4. The van der Waals surface area contributed by atoms with Gasteiger partial charge in [-0.15, -0.1) is 0 Å². The Bertz CT molecular complexity index is 1990. The number of nitrogens with one attached hydrogen (secondary N) is 3. The summed E-state index contributed by atoms with van der Waals surface area (Å²) in [7, 11) is 2.97. The molecular formula is C32H32F2N6O4. The van der Waals surface area contributed by atoms with E-state index in [4.69, 9.17) is 4.74 Å². The summed E-state index contributed by atoms with van der Waals surface area (Å²) >= 11 is 0. The number of hydrogen-bond acceptors (Lipinski definition) is 5. The van der Waals surface area contributed by atoms with Crippen LogP contribution in [0.3, 0.4) is 0 Å². The standard InChI is InChI=1S/C32H32F2N6O4/c1-16(2)36-30(41)22-11-8-18(13-23(22)34)27-25(17-6-5-7-19(33)12-17)26-28-24(15-35-29(26)38-27)39(3)32(43)40(28)21-10-9-20(14-21)37-31(42)44-4/h5-8,11-13,15-16,20-21H,9-10,14H2,1-4H3,(H,35,38)(H,36,41)(H,37,42)/t20-,21-/m1/s1. The van der Waals surface area contributed by atoms with E-state index in [0.29, 0.717) is 63.7 Å². The SMILES string of the molecule is COC(=O)N[C@@H]1CC[C@@H](n2c(=O)n(C)c3cnc4[nH]c(-c5ccc(C(=O)NC(C)C)c(F)c5)c(-c5cccc(F)c5)c4c32)C1.